The fourth-order valence-electron chi connectivity index (χ4n) is 3.78. The molecule has 0 radical (unpaired) electrons. The quantitative estimate of drug-likeness (QED) is 0.721. The van der Waals surface area contributed by atoms with Gasteiger partial charge in [0, 0.05) is 30.7 Å². The minimum Gasteiger partial charge on any atom is -0.293 e. The van der Waals surface area contributed by atoms with Gasteiger partial charge < -0.3 is 0 Å². The van der Waals surface area contributed by atoms with Crippen LogP contribution in [0, 0.1) is 0 Å². The van der Waals surface area contributed by atoms with E-state index >= 15 is 0 Å². The van der Waals surface area contributed by atoms with E-state index in [4.69, 9.17) is 0 Å². The predicted octanol–water partition coefficient (Wildman–Crippen LogP) is 4.42. The van der Waals surface area contributed by atoms with E-state index in [1.165, 1.54) is 36.8 Å². The smallest absolute Gasteiger partial charge is 0.0987 e. The van der Waals surface area contributed by atoms with Gasteiger partial charge in [0.05, 0.1) is 13.8 Å². The summed E-state index contributed by atoms with van der Waals surface area (Å²) in [6.07, 6.45) is 3.12. The maximum atomic E-state index is 4.48. The molecule has 2 aromatic rings. The van der Waals surface area contributed by atoms with Gasteiger partial charge in [-0.1, -0.05) is 45.0 Å². The minimum absolute atomic E-state index is 0.976. The number of hydrogen-bond donors (Lipinski definition) is 0. The van der Waals surface area contributed by atoms with Crippen LogP contribution in [0.15, 0.2) is 30.5 Å². The average Bonchev–Trinajstić information content (AvgIpc) is 3.02. The van der Waals surface area contributed by atoms with E-state index in [2.05, 4.69) is 60.2 Å². The lowest BCUT2D eigenvalue weighted by Gasteiger charge is -2.26. The fraction of sp³-hybridized carbons (Fsp3) is 0.526. The van der Waals surface area contributed by atoms with Gasteiger partial charge in [0.1, 0.15) is 0 Å². The molecule has 0 amide bonds. The summed E-state index contributed by atoms with van der Waals surface area (Å²) >= 11 is 2.14. The molecule has 0 aromatic carbocycles. The monoisotopic (exact) mass is 344 g/mol. The molecule has 0 unspecified atom stereocenters. The SMILES string of the molecule is CC[Si](CC)(CC)c1cc2c(s1)CCN(Cc1ccccn1)C2. The molecule has 3 rings (SSSR count). The van der Waals surface area contributed by atoms with Crippen LogP contribution >= 0.6 is 11.3 Å². The van der Waals surface area contributed by atoms with Crippen LogP contribution in [0.3, 0.4) is 0 Å². The van der Waals surface area contributed by atoms with Crippen molar-refractivity contribution in [2.24, 2.45) is 0 Å². The van der Waals surface area contributed by atoms with Crippen LogP contribution in [0.25, 0.3) is 0 Å². The zero-order chi connectivity index (χ0) is 16.3. The first-order chi connectivity index (χ1) is 11.2. The Labute approximate surface area is 145 Å². The molecule has 3 heterocycles. The summed E-state index contributed by atoms with van der Waals surface area (Å²) in [5.74, 6) is 0. The number of thiophene rings is 1. The second-order valence-electron chi connectivity index (χ2n) is 6.68. The summed E-state index contributed by atoms with van der Waals surface area (Å²) in [5, 5.41) is 0. The molecule has 2 aromatic heterocycles. The molecular formula is C19H28N2SSi. The summed E-state index contributed by atoms with van der Waals surface area (Å²) in [5.41, 5.74) is 2.78. The number of pyridine rings is 1. The summed E-state index contributed by atoms with van der Waals surface area (Å²) in [7, 11) is -1.22. The van der Waals surface area contributed by atoms with Crippen molar-refractivity contribution in [2.75, 3.05) is 6.54 Å². The van der Waals surface area contributed by atoms with E-state index in [1.807, 2.05) is 12.3 Å². The van der Waals surface area contributed by atoms with Crippen molar-refractivity contribution in [3.8, 4) is 0 Å². The van der Waals surface area contributed by atoms with Crippen molar-refractivity contribution in [3.63, 3.8) is 0 Å². The van der Waals surface area contributed by atoms with Crippen LogP contribution in [0.5, 0.6) is 0 Å². The molecule has 0 saturated carbocycles. The Kier molecular flexibility index (Phi) is 5.34. The molecule has 2 nitrogen and oxygen atoms in total. The first-order valence-electron chi connectivity index (χ1n) is 8.95. The van der Waals surface area contributed by atoms with Gasteiger partial charge in [0.2, 0.25) is 0 Å². The third kappa shape index (κ3) is 3.44. The fourth-order valence-corrected chi connectivity index (χ4v) is 10.3. The lowest BCUT2D eigenvalue weighted by Crippen LogP contribution is -2.43. The molecule has 4 heteroatoms. The van der Waals surface area contributed by atoms with Gasteiger partial charge >= 0.3 is 0 Å². The molecule has 0 N–H and O–H groups in total. The second-order valence-corrected chi connectivity index (χ2v) is 13.4. The molecule has 1 aliphatic heterocycles. The molecule has 0 fully saturated rings. The summed E-state index contributed by atoms with van der Waals surface area (Å²) < 4.78 is 1.76. The Balaban J connectivity index is 1.77. The van der Waals surface area contributed by atoms with Crippen LogP contribution in [0.2, 0.25) is 18.1 Å². The standard InChI is InChI=1S/C19H28N2SSi/c1-4-23(5-2,6-3)19-13-16-14-21(12-10-18(16)22-19)15-17-9-7-8-11-20-17/h7-9,11,13H,4-6,10,12,14-15H2,1-3H3. The minimum atomic E-state index is -1.22. The third-order valence-corrected chi connectivity index (χ3v) is 13.5. The van der Waals surface area contributed by atoms with Crippen LogP contribution in [-0.4, -0.2) is 24.5 Å². The van der Waals surface area contributed by atoms with Crippen molar-refractivity contribution in [2.45, 2.75) is 58.4 Å². The Hall–Kier alpha value is -0.973. The lowest BCUT2D eigenvalue weighted by molar-refractivity contribution is 0.244. The Morgan fingerprint density at radius 2 is 1.96 bits per heavy atom. The van der Waals surface area contributed by atoms with E-state index in [-0.39, 0.29) is 0 Å². The molecule has 1 aliphatic rings. The van der Waals surface area contributed by atoms with Gasteiger partial charge in [-0.2, -0.15) is 0 Å². The van der Waals surface area contributed by atoms with E-state index in [1.54, 1.807) is 14.9 Å². The average molecular weight is 345 g/mol. The Morgan fingerprint density at radius 1 is 1.17 bits per heavy atom. The van der Waals surface area contributed by atoms with Gasteiger partial charge in [-0.05, 0) is 34.7 Å². The third-order valence-electron chi connectivity index (χ3n) is 5.61. The van der Waals surface area contributed by atoms with E-state index in [0.29, 0.717) is 0 Å². The highest BCUT2D eigenvalue weighted by Crippen LogP contribution is 2.29. The Bertz CT molecular complexity index is 626. The normalized spacial score (nSPS) is 15.6. The summed E-state index contributed by atoms with van der Waals surface area (Å²) in [6, 6.07) is 13.0. The van der Waals surface area contributed by atoms with Crippen LogP contribution in [0.4, 0.5) is 0 Å². The number of nitrogens with zero attached hydrogens (tertiary/aromatic N) is 2. The summed E-state index contributed by atoms with van der Waals surface area (Å²) in [6.45, 7) is 10.5. The van der Waals surface area contributed by atoms with Gasteiger partial charge in [-0.3, -0.25) is 9.88 Å². The van der Waals surface area contributed by atoms with Gasteiger partial charge in [0.25, 0.3) is 0 Å². The molecule has 23 heavy (non-hydrogen) atoms. The largest absolute Gasteiger partial charge is 0.293 e. The number of rotatable bonds is 6. The van der Waals surface area contributed by atoms with Crippen molar-refractivity contribution >= 4 is 23.9 Å². The molecule has 0 bridgehead atoms. The van der Waals surface area contributed by atoms with Gasteiger partial charge in [-0.15, -0.1) is 11.3 Å². The van der Waals surface area contributed by atoms with Gasteiger partial charge in [0.15, 0.2) is 0 Å². The highest BCUT2D eigenvalue weighted by atomic mass is 32.1. The highest BCUT2D eigenvalue weighted by molar-refractivity contribution is 7.27. The molecule has 0 saturated heterocycles. The lowest BCUT2D eigenvalue weighted by atomic mass is 10.1. The first-order valence-corrected chi connectivity index (χ1v) is 12.4. The zero-order valence-corrected chi connectivity index (χ0v) is 16.5. The van der Waals surface area contributed by atoms with Crippen molar-refractivity contribution < 1.29 is 0 Å². The van der Waals surface area contributed by atoms with Crippen LogP contribution < -0.4 is 4.50 Å². The predicted molar refractivity (Wildman–Crippen MR) is 103 cm³/mol. The number of fused-ring (bicyclic) bond motifs is 1. The zero-order valence-electron chi connectivity index (χ0n) is 14.6. The molecule has 0 aliphatic carbocycles. The molecule has 0 spiro atoms. The molecular weight excluding hydrogens is 316 g/mol. The van der Waals surface area contributed by atoms with Gasteiger partial charge in [-0.25, -0.2) is 0 Å². The maximum absolute atomic E-state index is 4.48. The molecule has 0 atom stereocenters. The van der Waals surface area contributed by atoms with Crippen LogP contribution in [-0.2, 0) is 19.5 Å². The second kappa shape index (κ2) is 7.28. The highest BCUT2D eigenvalue weighted by Gasteiger charge is 2.32. The van der Waals surface area contributed by atoms with E-state index in [9.17, 15) is 0 Å². The van der Waals surface area contributed by atoms with Crippen molar-refractivity contribution in [1.82, 2.24) is 9.88 Å². The molecule has 124 valence electrons. The van der Waals surface area contributed by atoms with E-state index in [0.717, 1.165) is 13.1 Å². The number of hydrogen-bond acceptors (Lipinski definition) is 3. The maximum Gasteiger partial charge on any atom is 0.0987 e. The van der Waals surface area contributed by atoms with Crippen molar-refractivity contribution in [1.29, 1.82) is 0 Å². The number of aromatic nitrogens is 1. The Morgan fingerprint density at radius 3 is 2.61 bits per heavy atom. The van der Waals surface area contributed by atoms with Crippen LogP contribution in [0.1, 0.15) is 36.9 Å². The first kappa shape index (κ1) is 16.9. The van der Waals surface area contributed by atoms with Crippen molar-refractivity contribution in [3.05, 3.63) is 46.6 Å². The summed E-state index contributed by atoms with van der Waals surface area (Å²) in [4.78, 5) is 8.69. The van der Waals surface area contributed by atoms with E-state index < -0.39 is 8.07 Å². The topological polar surface area (TPSA) is 16.1 Å².